The summed E-state index contributed by atoms with van der Waals surface area (Å²) in [5, 5.41) is 2.28. The van der Waals surface area contributed by atoms with Crippen LogP contribution in [0.5, 0.6) is 0 Å². The molecule has 2 saturated heterocycles. The molecule has 42 heavy (non-hydrogen) atoms. The van der Waals surface area contributed by atoms with Crippen LogP contribution in [0, 0.1) is 17.8 Å². The summed E-state index contributed by atoms with van der Waals surface area (Å²) in [6.07, 6.45) is 0.412. The lowest BCUT2D eigenvalue weighted by atomic mass is 9.78. The van der Waals surface area contributed by atoms with Gasteiger partial charge in [-0.15, -0.1) is 0 Å². The Morgan fingerprint density at radius 1 is 0.976 bits per heavy atom. The summed E-state index contributed by atoms with van der Waals surface area (Å²) < 4.78 is 18.3. The first-order valence-corrected chi connectivity index (χ1v) is 14.7. The summed E-state index contributed by atoms with van der Waals surface area (Å²) in [7, 11) is -0.385. The SMILES string of the molecule is CC(C)(C)OC(=O)N1[C@@H]2C#C[C@@H]2C[C@H]1c1nc2ccc(-c3ccc4cc(B5OC(C)(C)C(C)(C)O5)ccc4c3)cc2[nH]1. The molecule has 4 aromatic rings. The van der Waals surface area contributed by atoms with Gasteiger partial charge in [0.1, 0.15) is 17.5 Å². The van der Waals surface area contributed by atoms with Crippen molar-refractivity contribution in [1.82, 2.24) is 14.9 Å². The number of aromatic nitrogens is 2. The average molecular weight is 561 g/mol. The van der Waals surface area contributed by atoms with Crippen LogP contribution < -0.4 is 5.46 Å². The molecule has 0 spiro atoms. The number of benzene rings is 3. The number of carbonyl (C=O) groups is 1. The minimum atomic E-state index is -0.576. The van der Waals surface area contributed by atoms with Crippen LogP contribution in [0.2, 0.25) is 0 Å². The minimum Gasteiger partial charge on any atom is -0.444 e. The highest BCUT2D eigenvalue weighted by molar-refractivity contribution is 6.62. The zero-order valence-corrected chi connectivity index (χ0v) is 25.2. The van der Waals surface area contributed by atoms with Crippen molar-refractivity contribution in [2.75, 3.05) is 0 Å². The van der Waals surface area contributed by atoms with Crippen LogP contribution in [-0.2, 0) is 14.0 Å². The first-order valence-electron chi connectivity index (χ1n) is 14.7. The first kappa shape index (κ1) is 27.1. The van der Waals surface area contributed by atoms with Crippen LogP contribution >= 0.6 is 0 Å². The number of hydrogen-bond acceptors (Lipinski definition) is 5. The highest BCUT2D eigenvalue weighted by atomic mass is 16.7. The van der Waals surface area contributed by atoms with E-state index in [0.29, 0.717) is 0 Å². The van der Waals surface area contributed by atoms with Crippen molar-refractivity contribution >= 4 is 40.5 Å². The summed E-state index contributed by atoms with van der Waals surface area (Å²) in [4.78, 5) is 23.3. The third kappa shape index (κ3) is 4.47. The number of ether oxygens (including phenoxy) is 1. The number of nitrogens with one attached hydrogen (secondary N) is 1. The zero-order valence-electron chi connectivity index (χ0n) is 25.2. The smallest absolute Gasteiger partial charge is 0.444 e. The number of imidazole rings is 1. The van der Waals surface area contributed by atoms with Crippen LogP contribution in [-0.4, -0.2) is 50.9 Å². The number of aromatic amines is 1. The lowest BCUT2D eigenvalue weighted by Gasteiger charge is -2.32. The van der Waals surface area contributed by atoms with Gasteiger partial charge >= 0.3 is 13.2 Å². The minimum absolute atomic E-state index is 0.114. The number of hydrogen-bond donors (Lipinski definition) is 1. The van der Waals surface area contributed by atoms with Gasteiger partial charge in [0, 0.05) is 0 Å². The van der Waals surface area contributed by atoms with E-state index < -0.39 is 5.60 Å². The number of carbonyl (C=O) groups excluding carboxylic acids is 1. The van der Waals surface area contributed by atoms with Crippen molar-refractivity contribution in [3.63, 3.8) is 0 Å². The molecule has 0 bridgehead atoms. The first-order chi connectivity index (χ1) is 19.8. The molecule has 7 rings (SSSR count). The molecule has 1 aromatic heterocycles. The van der Waals surface area contributed by atoms with Crippen LogP contribution in [0.25, 0.3) is 32.9 Å². The fourth-order valence-electron chi connectivity index (χ4n) is 6.01. The van der Waals surface area contributed by atoms with Crippen LogP contribution in [0.1, 0.15) is 66.8 Å². The Kier molecular flexibility index (Phi) is 5.86. The normalized spacial score (nSPS) is 23.9. The monoisotopic (exact) mass is 561 g/mol. The Morgan fingerprint density at radius 3 is 2.33 bits per heavy atom. The molecular formula is C34H36BN3O4. The predicted octanol–water partition coefficient (Wildman–Crippen LogP) is 6.37. The number of nitrogens with zero attached hydrogens (tertiary/aromatic N) is 2. The number of rotatable bonds is 3. The lowest BCUT2D eigenvalue weighted by molar-refractivity contribution is 0.00578. The van der Waals surface area contributed by atoms with Crippen molar-refractivity contribution < 1.29 is 18.8 Å². The number of likely N-dealkylation sites (tertiary alicyclic amines) is 1. The van der Waals surface area contributed by atoms with E-state index in [1.165, 1.54) is 0 Å². The Bertz CT molecular complexity index is 1790. The summed E-state index contributed by atoms with van der Waals surface area (Å²) >= 11 is 0. The molecule has 1 N–H and O–H groups in total. The predicted molar refractivity (Wildman–Crippen MR) is 165 cm³/mol. The molecule has 0 unspecified atom stereocenters. The number of amides is 1. The molecule has 214 valence electrons. The van der Waals surface area contributed by atoms with E-state index in [0.717, 1.165) is 50.6 Å². The second-order valence-corrected chi connectivity index (χ2v) is 13.7. The number of fused-ring (bicyclic) bond motifs is 3. The van der Waals surface area contributed by atoms with Crippen LogP contribution in [0.15, 0.2) is 54.6 Å². The fraction of sp³-hybridized carbons (Fsp3) is 0.412. The molecule has 0 radical (unpaired) electrons. The molecule has 3 aliphatic rings. The van der Waals surface area contributed by atoms with E-state index >= 15 is 0 Å². The Hall–Kier alpha value is -3.80. The van der Waals surface area contributed by atoms with Gasteiger partial charge in [-0.1, -0.05) is 48.2 Å². The van der Waals surface area contributed by atoms with E-state index in [9.17, 15) is 4.79 Å². The van der Waals surface area contributed by atoms with Gasteiger partial charge in [0.15, 0.2) is 0 Å². The van der Waals surface area contributed by atoms with Crippen molar-refractivity contribution in [2.45, 2.75) is 83.8 Å². The van der Waals surface area contributed by atoms with Gasteiger partial charge in [-0.05, 0) is 100 Å². The van der Waals surface area contributed by atoms with E-state index in [-0.39, 0.29) is 42.4 Å². The molecule has 0 saturated carbocycles. The Balaban J connectivity index is 1.15. The standard InChI is InChI=1S/C34H36BN3O4/c1-32(2,3)40-31(39)38-28-15-12-24(28)19-29(38)30-36-26-14-11-23(18-27(26)37-30)20-8-9-22-17-25(13-10-21(22)16-20)35-41-33(4,5)34(6,7)42-35/h8-11,13-14,16-18,24,28-29H,19H2,1-7H3,(H,36,37)/t24-,28-,29+/m1/s1. The Morgan fingerprint density at radius 2 is 1.64 bits per heavy atom. The van der Waals surface area contributed by atoms with Crippen molar-refractivity contribution in [3.8, 4) is 23.0 Å². The maximum Gasteiger partial charge on any atom is 0.494 e. The molecular weight excluding hydrogens is 525 g/mol. The van der Waals surface area contributed by atoms with Gasteiger partial charge in [0.05, 0.1) is 34.2 Å². The third-order valence-corrected chi connectivity index (χ3v) is 9.05. The van der Waals surface area contributed by atoms with Gasteiger partial charge in [-0.25, -0.2) is 9.78 Å². The topological polar surface area (TPSA) is 76.7 Å². The Labute approximate surface area is 247 Å². The highest BCUT2D eigenvalue weighted by Crippen LogP contribution is 2.43. The van der Waals surface area contributed by atoms with Crippen molar-refractivity contribution in [2.24, 2.45) is 5.92 Å². The average Bonchev–Trinajstić information content (AvgIpc) is 3.50. The summed E-state index contributed by atoms with van der Waals surface area (Å²) in [6, 6.07) is 18.8. The summed E-state index contributed by atoms with van der Waals surface area (Å²) in [6.45, 7) is 13.9. The largest absolute Gasteiger partial charge is 0.494 e. The van der Waals surface area contributed by atoms with Crippen LogP contribution in [0.3, 0.4) is 0 Å². The molecule has 1 aliphatic carbocycles. The molecule has 8 heteroatoms. The van der Waals surface area contributed by atoms with Gasteiger partial charge in [0.25, 0.3) is 0 Å². The van der Waals surface area contributed by atoms with Gasteiger partial charge in [0.2, 0.25) is 0 Å². The molecule has 2 fully saturated rings. The summed E-state index contributed by atoms with van der Waals surface area (Å²) in [5.41, 5.74) is 3.70. The second-order valence-electron chi connectivity index (χ2n) is 13.7. The second kappa shape index (κ2) is 9.10. The quantitative estimate of drug-likeness (QED) is 0.233. The highest BCUT2D eigenvalue weighted by Gasteiger charge is 2.52. The van der Waals surface area contributed by atoms with E-state index in [1.807, 2.05) is 26.8 Å². The van der Waals surface area contributed by atoms with Crippen molar-refractivity contribution in [3.05, 3.63) is 60.4 Å². The van der Waals surface area contributed by atoms with Gasteiger partial charge < -0.3 is 19.0 Å². The number of H-pyrrole nitrogens is 1. The third-order valence-electron chi connectivity index (χ3n) is 9.05. The van der Waals surface area contributed by atoms with E-state index in [1.54, 1.807) is 4.90 Å². The van der Waals surface area contributed by atoms with E-state index in [4.69, 9.17) is 19.0 Å². The van der Waals surface area contributed by atoms with E-state index in [2.05, 4.69) is 93.1 Å². The summed E-state index contributed by atoms with van der Waals surface area (Å²) in [5.74, 6) is 7.28. The van der Waals surface area contributed by atoms with Gasteiger partial charge in [-0.2, -0.15) is 0 Å². The molecule has 1 amide bonds. The fourth-order valence-corrected chi connectivity index (χ4v) is 6.01. The maximum atomic E-state index is 13.1. The maximum absolute atomic E-state index is 13.1. The zero-order chi connectivity index (χ0) is 29.6. The lowest BCUT2D eigenvalue weighted by Crippen LogP contribution is -2.43. The van der Waals surface area contributed by atoms with Crippen LogP contribution in [0.4, 0.5) is 4.79 Å². The molecule has 3 aromatic carbocycles. The molecule has 3 atom stereocenters. The van der Waals surface area contributed by atoms with Crippen molar-refractivity contribution in [1.29, 1.82) is 0 Å². The molecule has 2 aliphatic heterocycles. The molecule has 7 nitrogen and oxygen atoms in total. The van der Waals surface area contributed by atoms with Gasteiger partial charge in [-0.3, -0.25) is 4.90 Å². The molecule has 3 heterocycles.